The van der Waals surface area contributed by atoms with Crippen LogP contribution in [-0.4, -0.2) is 52.4 Å². The maximum Gasteiger partial charge on any atom is 0.335 e. The number of hydrogen-bond acceptors (Lipinski definition) is 6. The molecule has 2 aromatic carbocycles. The first-order valence-corrected chi connectivity index (χ1v) is 9.55. The molecule has 0 unspecified atom stereocenters. The molecule has 2 amide bonds. The van der Waals surface area contributed by atoms with E-state index in [9.17, 15) is 14.4 Å². The zero-order valence-corrected chi connectivity index (χ0v) is 16.6. The number of carbonyl (C=O) groups excluding carboxylic acids is 2. The van der Waals surface area contributed by atoms with Crippen LogP contribution in [0.1, 0.15) is 16.8 Å². The Hall–Kier alpha value is -3.33. The minimum atomic E-state index is -1.04. The lowest BCUT2D eigenvalue weighted by Gasteiger charge is -2.09. The zero-order chi connectivity index (χ0) is 21.0. The topological polar surface area (TPSA) is 108 Å². The van der Waals surface area contributed by atoms with E-state index in [-0.39, 0.29) is 23.8 Å². The summed E-state index contributed by atoms with van der Waals surface area (Å²) in [6, 6.07) is 12.9. The van der Waals surface area contributed by atoms with Gasteiger partial charge in [-0.2, -0.15) is 0 Å². The van der Waals surface area contributed by atoms with Crippen molar-refractivity contribution in [3.05, 3.63) is 54.1 Å². The fraction of sp³-hybridized carbons (Fsp3) is 0.200. The molecule has 1 saturated heterocycles. The number of nitrogens with zero attached hydrogens (tertiary/aromatic N) is 2. The second-order valence-electron chi connectivity index (χ2n) is 6.23. The van der Waals surface area contributed by atoms with Gasteiger partial charge in [0.15, 0.2) is 5.17 Å². The summed E-state index contributed by atoms with van der Waals surface area (Å²) >= 11 is 1.23. The van der Waals surface area contributed by atoms with Gasteiger partial charge < -0.3 is 15.2 Å². The van der Waals surface area contributed by atoms with Crippen molar-refractivity contribution in [1.29, 1.82) is 0 Å². The van der Waals surface area contributed by atoms with E-state index >= 15 is 0 Å². The van der Waals surface area contributed by atoms with Crippen molar-refractivity contribution in [2.75, 3.05) is 19.5 Å². The third kappa shape index (κ3) is 4.94. The lowest BCUT2D eigenvalue weighted by atomic mass is 10.2. The Labute approximate surface area is 171 Å². The summed E-state index contributed by atoms with van der Waals surface area (Å²) in [5.74, 6) is -0.859. The Kier molecular flexibility index (Phi) is 6.18. The first-order chi connectivity index (χ1) is 13.9. The summed E-state index contributed by atoms with van der Waals surface area (Å²) in [5, 5.41) is 11.5. The van der Waals surface area contributed by atoms with Gasteiger partial charge in [-0.25, -0.2) is 9.79 Å². The normalized spacial score (nSPS) is 17.4. The number of carboxylic acids is 1. The number of methoxy groups -OCH3 is 1. The Balaban J connectivity index is 1.63. The van der Waals surface area contributed by atoms with Crippen molar-refractivity contribution in [3.8, 4) is 5.75 Å². The molecular weight excluding hydrogens is 394 g/mol. The maximum atomic E-state index is 12.5. The lowest BCUT2D eigenvalue weighted by Crippen LogP contribution is -2.30. The average Bonchev–Trinajstić information content (AvgIpc) is 2.96. The number of carbonyl (C=O) groups is 3. The van der Waals surface area contributed by atoms with Gasteiger partial charge in [0.2, 0.25) is 11.8 Å². The van der Waals surface area contributed by atoms with Gasteiger partial charge in [-0.05, 0) is 48.5 Å². The minimum absolute atomic E-state index is 0.0177. The van der Waals surface area contributed by atoms with E-state index in [1.54, 1.807) is 38.4 Å². The van der Waals surface area contributed by atoms with Crippen LogP contribution in [-0.2, 0) is 9.59 Å². The van der Waals surface area contributed by atoms with Gasteiger partial charge in [0.25, 0.3) is 0 Å². The second kappa shape index (κ2) is 8.78. The van der Waals surface area contributed by atoms with E-state index in [2.05, 4.69) is 10.3 Å². The number of carboxylic acid groups (broad SMARTS) is 1. The molecule has 1 atom stereocenters. The fourth-order valence-electron chi connectivity index (χ4n) is 2.64. The summed E-state index contributed by atoms with van der Waals surface area (Å²) in [7, 11) is 3.20. The van der Waals surface area contributed by atoms with Crippen molar-refractivity contribution in [1.82, 2.24) is 4.90 Å². The van der Waals surface area contributed by atoms with E-state index < -0.39 is 11.2 Å². The highest BCUT2D eigenvalue weighted by Crippen LogP contribution is 2.31. The van der Waals surface area contributed by atoms with Crippen LogP contribution >= 0.6 is 11.8 Å². The molecule has 2 N–H and O–H groups in total. The predicted octanol–water partition coefficient (Wildman–Crippen LogP) is 2.98. The molecule has 1 aliphatic heterocycles. The first kappa shape index (κ1) is 20.4. The Bertz CT molecular complexity index is 957. The number of thioether (sulfide) groups is 1. The van der Waals surface area contributed by atoms with Gasteiger partial charge in [0, 0.05) is 19.2 Å². The maximum absolute atomic E-state index is 12.5. The van der Waals surface area contributed by atoms with Crippen LogP contribution in [0.2, 0.25) is 0 Å². The molecule has 0 spiro atoms. The molecule has 29 heavy (non-hydrogen) atoms. The fourth-order valence-corrected chi connectivity index (χ4v) is 3.80. The van der Waals surface area contributed by atoms with Crippen molar-refractivity contribution < 1.29 is 24.2 Å². The summed E-state index contributed by atoms with van der Waals surface area (Å²) < 4.78 is 5.11. The molecule has 1 aliphatic rings. The van der Waals surface area contributed by atoms with Gasteiger partial charge in [0.1, 0.15) is 11.0 Å². The molecule has 0 radical (unpaired) electrons. The highest BCUT2D eigenvalue weighted by atomic mass is 32.2. The first-order valence-electron chi connectivity index (χ1n) is 8.67. The summed E-state index contributed by atoms with van der Waals surface area (Å²) in [4.78, 5) is 41.6. The number of ether oxygens (including phenoxy) is 1. The largest absolute Gasteiger partial charge is 0.497 e. The van der Waals surface area contributed by atoms with Crippen molar-refractivity contribution in [2.24, 2.45) is 4.99 Å². The SMILES string of the molecule is COc1ccc(N=C2S[C@H](CC(=O)Nc3ccc(C(=O)O)cc3)C(=O)N2C)cc1. The standard InChI is InChI=1S/C20H19N3O5S/c1-23-18(25)16(29-20(23)22-14-7-9-15(28-2)10-8-14)11-17(24)21-13-5-3-12(4-6-13)19(26)27/h3-10,16H,11H2,1-2H3,(H,21,24)(H,26,27)/t16-/m1/s1. The van der Waals surface area contributed by atoms with Crippen LogP contribution in [0.5, 0.6) is 5.75 Å². The third-order valence-corrected chi connectivity index (χ3v) is 5.45. The predicted molar refractivity (Wildman–Crippen MR) is 111 cm³/mol. The monoisotopic (exact) mass is 413 g/mol. The average molecular weight is 413 g/mol. The minimum Gasteiger partial charge on any atom is -0.497 e. The highest BCUT2D eigenvalue weighted by Gasteiger charge is 2.37. The molecule has 0 bridgehead atoms. The third-order valence-electron chi connectivity index (χ3n) is 4.22. The molecule has 150 valence electrons. The van der Waals surface area contributed by atoms with Crippen molar-refractivity contribution in [3.63, 3.8) is 0 Å². The van der Waals surface area contributed by atoms with Crippen LogP contribution < -0.4 is 10.1 Å². The van der Waals surface area contributed by atoms with Gasteiger partial charge in [-0.3, -0.25) is 14.5 Å². The number of nitrogens with one attached hydrogen (secondary N) is 1. The summed E-state index contributed by atoms with van der Waals surface area (Å²) in [6.07, 6.45) is -0.0177. The van der Waals surface area contributed by atoms with Gasteiger partial charge >= 0.3 is 5.97 Å². The molecule has 1 fully saturated rings. The summed E-state index contributed by atoms with van der Waals surface area (Å²) in [5.41, 5.74) is 1.28. The van der Waals surface area contributed by atoms with Crippen LogP contribution in [0.4, 0.5) is 11.4 Å². The van der Waals surface area contributed by atoms with Crippen LogP contribution in [0.3, 0.4) is 0 Å². The van der Waals surface area contributed by atoms with Gasteiger partial charge in [-0.1, -0.05) is 11.8 Å². The quantitative estimate of drug-likeness (QED) is 0.754. The number of rotatable bonds is 6. The molecule has 2 aromatic rings. The molecule has 0 saturated carbocycles. The van der Waals surface area contributed by atoms with Crippen molar-refractivity contribution >= 4 is 46.1 Å². The summed E-state index contributed by atoms with van der Waals surface area (Å²) in [6.45, 7) is 0. The molecule has 3 rings (SSSR count). The number of amidine groups is 1. The van der Waals surface area contributed by atoms with E-state index in [0.717, 1.165) is 0 Å². The van der Waals surface area contributed by atoms with E-state index in [1.165, 1.54) is 40.9 Å². The lowest BCUT2D eigenvalue weighted by molar-refractivity contribution is -0.127. The Morgan fingerprint density at radius 2 is 1.83 bits per heavy atom. The smallest absolute Gasteiger partial charge is 0.335 e. The van der Waals surface area contributed by atoms with E-state index in [0.29, 0.717) is 22.3 Å². The molecule has 1 heterocycles. The van der Waals surface area contributed by atoms with Gasteiger partial charge in [0.05, 0.1) is 18.4 Å². The number of amides is 2. The van der Waals surface area contributed by atoms with Crippen LogP contribution in [0, 0.1) is 0 Å². The molecule has 9 heteroatoms. The Morgan fingerprint density at radius 3 is 2.41 bits per heavy atom. The second-order valence-corrected chi connectivity index (χ2v) is 7.40. The highest BCUT2D eigenvalue weighted by molar-refractivity contribution is 8.15. The van der Waals surface area contributed by atoms with Gasteiger partial charge in [-0.15, -0.1) is 0 Å². The number of hydrogen-bond donors (Lipinski definition) is 2. The molecule has 8 nitrogen and oxygen atoms in total. The zero-order valence-electron chi connectivity index (χ0n) is 15.8. The number of benzene rings is 2. The molecule has 0 aliphatic carbocycles. The number of anilines is 1. The molecular formula is C20H19N3O5S. The van der Waals surface area contributed by atoms with Crippen LogP contribution in [0.25, 0.3) is 0 Å². The molecule has 0 aromatic heterocycles. The van der Waals surface area contributed by atoms with Crippen LogP contribution in [0.15, 0.2) is 53.5 Å². The van der Waals surface area contributed by atoms with E-state index in [1.807, 2.05) is 0 Å². The van der Waals surface area contributed by atoms with Crippen molar-refractivity contribution in [2.45, 2.75) is 11.7 Å². The Morgan fingerprint density at radius 1 is 1.17 bits per heavy atom. The number of aliphatic imine (C=N–C) groups is 1. The number of aromatic carboxylic acids is 1. The van der Waals surface area contributed by atoms with E-state index in [4.69, 9.17) is 9.84 Å².